The molecule has 1 aromatic heterocycles. The molecule has 0 saturated carbocycles. The molecule has 0 amide bonds. The highest BCUT2D eigenvalue weighted by molar-refractivity contribution is 7.90. The highest BCUT2D eigenvalue weighted by atomic mass is 32.2. The second kappa shape index (κ2) is 3.75. The molecule has 0 aliphatic rings. The van der Waals surface area contributed by atoms with Crippen LogP contribution in [0.1, 0.15) is 11.3 Å². The Morgan fingerprint density at radius 2 is 2.00 bits per heavy atom. The minimum absolute atomic E-state index is 0.285. The van der Waals surface area contributed by atoms with Gasteiger partial charge in [-0.25, -0.2) is 17.4 Å². The van der Waals surface area contributed by atoms with Crippen molar-refractivity contribution in [2.75, 3.05) is 0 Å². The van der Waals surface area contributed by atoms with Gasteiger partial charge in [-0.15, -0.1) is 0 Å². The number of hydrogen-bond acceptors (Lipinski definition) is 3. The number of hydrogen-bond donors (Lipinski definition) is 0. The van der Waals surface area contributed by atoms with Crippen molar-refractivity contribution in [3.8, 4) is 0 Å². The van der Waals surface area contributed by atoms with Crippen molar-refractivity contribution in [3.63, 3.8) is 0 Å². The molecule has 4 nitrogen and oxygen atoms in total. The van der Waals surface area contributed by atoms with Crippen molar-refractivity contribution in [1.29, 1.82) is 0 Å². The molecule has 0 atom stereocenters. The molecule has 1 radical (unpaired) electrons. The number of benzene rings is 1. The van der Waals surface area contributed by atoms with Crippen LogP contribution in [0.4, 0.5) is 0 Å². The fourth-order valence-electron chi connectivity index (χ4n) is 1.44. The third-order valence-corrected chi connectivity index (χ3v) is 4.03. The summed E-state index contributed by atoms with van der Waals surface area (Å²) in [5, 5.41) is 0. The van der Waals surface area contributed by atoms with Crippen LogP contribution in [-0.2, 0) is 10.0 Å². The number of rotatable bonds is 2. The van der Waals surface area contributed by atoms with E-state index < -0.39 is 10.0 Å². The van der Waals surface area contributed by atoms with Crippen LogP contribution < -0.4 is 0 Å². The highest BCUT2D eigenvalue weighted by Gasteiger charge is 2.18. The topological polar surface area (TPSA) is 52.0 Å². The van der Waals surface area contributed by atoms with E-state index in [2.05, 4.69) is 11.9 Å². The van der Waals surface area contributed by atoms with E-state index in [-0.39, 0.29) is 4.90 Å². The molecule has 0 N–H and O–H groups in total. The Morgan fingerprint density at radius 3 is 2.56 bits per heavy atom. The molecule has 0 aliphatic carbocycles. The zero-order chi connectivity index (χ0) is 11.8. The van der Waals surface area contributed by atoms with Crippen molar-refractivity contribution in [2.24, 2.45) is 0 Å². The molecule has 0 aliphatic heterocycles. The lowest BCUT2D eigenvalue weighted by atomic mass is 10.2. The van der Waals surface area contributed by atoms with Gasteiger partial charge < -0.3 is 0 Å². The third-order valence-electron chi connectivity index (χ3n) is 2.26. The van der Waals surface area contributed by atoms with Gasteiger partial charge in [0.2, 0.25) is 0 Å². The monoisotopic (exact) mass is 235 g/mol. The lowest BCUT2D eigenvalue weighted by molar-refractivity contribution is 0.586. The predicted molar refractivity (Wildman–Crippen MR) is 60.4 cm³/mol. The first-order valence-electron chi connectivity index (χ1n) is 4.69. The molecule has 2 rings (SSSR count). The average Bonchev–Trinajstić information content (AvgIpc) is 2.66. The maximum atomic E-state index is 12.2. The van der Waals surface area contributed by atoms with Crippen LogP contribution in [0.15, 0.2) is 41.7 Å². The summed E-state index contributed by atoms with van der Waals surface area (Å²) in [4.78, 5) is 4.10. The lowest BCUT2D eigenvalue weighted by Gasteiger charge is -2.07. The van der Waals surface area contributed by atoms with E-state index in [9.17, 15) is 8.42 Å². The maximum absolute atomic E-state index is 12.2. The van der Waals surface area contributed by atoms with Crippen LogP contribution in [0.25, 0.3) is 0 Å². The Balaban J connectivity index is 2.60. The van der Waals surface area contributed by atoms with Gasteiger partial charge in [0, 0.05) is 6.20 Å². The molecule has 0 saturated heterocycles. The van der Waals surface area contributed by atoms with Crippen LogP contribution in [0.3, 0.4) is 0 Å². The second-order valence-corrected chi connectivity index (χ2v) is 5.28. The molecule has 0 unspecified atom stereocenters. The van der Waals surface area contributed by atoms with Crippen molar-refractivity contribution in [1.82, 2.24) is 8.96 Å². The van der Waals surface area contributed by atoms with Gasteiger partial charge in [0.05, 0.1) is 10.6 Å². The van der Waals surface area contributed by atoms with Crippen LogP contribution in [0.2, 0.25) is 0 Å². The normalized spacial score (nSPS) is 11.6. The smallest absolute Gasteiger partial charge is 0.241 e. The quantitative estimate of drug-likeness (QED) is 0.794. The van der Waals surface area contributed by atoms with Gasteiger partial charge in [0.15, 0.2) is 0 Å². The van der Waals surface area contributed by atoms with Crippen molar-refractivity contribution >= 4 is 10.0 Å². The Kier molecular flexibility index (Phi) is 2.55. The Labute approximate surface area is 94.6 Å². The van der Waals surface area contributed by atoms with Gasteiger partial charge in [-0.1, -0.05) is 18.2 Å². The lowest BCUT2D eigenvalue weighted by Crippen LogP contribution is -2.12. The van der Waals surface area contributed by atoms with Crippen molar-refractivity contribution < 1.29 is 8.42 Å². The first kappa shape index (κ1) is 10.9. The highest BCUT2D eigenvalue weighted by Crippen LogP contribution is 2.17. The molecule has 83 valence electrons. The minimum atomic E-state index is -3.53. The van der Waals surface area contributed by atoms with E-state index >= 15 is 0 Å². The first-order chi connectivity index (χ1) is 7.51. The van der Waals surface area contributed by atoms with Crippen LogP contribution >= 0.6 is 0 Å². The van der Waals surface area contributed by atoms with Crippen LogP contribution in [0.5, 0.6) is 0 Å². The van der Waals surface area contributed by atoms with E-state index in [1.165, 1.54) is 12.5 Å². The molecule has 2 aromatic rings. The largest absolute Gasteiger partial charge is 0.269 e. The number of imidazole rings is 1. The number of aryl methyl sites for hydroxylation is 1. The number of nitrogens with zero attached hydrogens (tertiary/aromatic N) is 2. The third kappa shape index (κ3) is 1.74. The van der Waals surface area contributed by atoms with Gasteiger partial charge >= 0.3 is 0 Å². The van der Waals surface area contributed by atoms with E-state index in [4.69, 9.17) is 0 Å². The van der Waals surface area contributed by atoms with Crippen LogP contribution in [-0.4, -0.2) is 17.4 Å². The SMILES string of the molecule is [CH2]c1cn(S(=O)(=O)c2ccccc2C)cn1. The van der Waals surface area contributed by atoms with Crippen molar-refractivity contribution in [3.05, 3.63) is 55.0 Å². The molecule has 16 heavy (non-hydrogen) atoms. The summed E-state index contributed by atoms with van der Waals surface area (Å²) >= 11 is 0. The molecule has 0 fully saturated rings. The molecule has 1 heterocycles. The fourth-order valence-corrected chi connectivity index (χ4v) is 2.82. The summed E-state index contributed by atoms with van der Waals surface area (Å²) in [6, 6.07) is 6.83. The Morgan fingerprint density at radius 1 is 1.31 bits per heavy atom. The molecule has 0 spiro atoms. The molecular formula is C11H11N2O2S. The second-order valence-electron chi connectivity index (χ2n) is 3.47. The van der Waals surface area contributed by atoms with Crippen molar-refractivity contribution in [2.45, 2.75) is 11.8 Å². The van der Waals surface area contributed by atoms with E-state index in [0.29, 0.717) is 11.3 Å². The number of aromatic nitrogens is 2. The van der Waals surface area contributed by atoms with Gasteiger partial charge in [0.1, 0.15) is 6.33 Å². The minimum Gasteiger partial charge on any atom is -0.241 e. The predicted octanol–water partition coefficient (Wildman–Crippen LogP) is 1.61. The molecule has 1 aromatic carbocycles. The standard InChI is InChI=1S/C11H11N2O2S/c1-9-5-3-4-6-11(9)16(14,15)13-7-10(2)12-8-13/h3-8H,2H2,1H3. The van der Waals surface area contributed by atoms with Crippen LogP contribution in [0, 0.1) is 13.8 Å². The Hall–Kier alpha value is -1.62. The summed E-state index contributed by atoms with van der Waals surface area (Å²) in [5.41, 5.74) is 1.14. The summed E-state index contributed by atoms with van der Waals surface area (Å²) in [5.74, 6) is 0. The average molecular weight is 235 g/mol. The van der Waals surface area contributed by atoms with Gasteiger partial charge in [-0.05, 0) is 25.5 Å². The molecule has 5 heteroatoms. The van der Waals surface area contributed by atoms with E-state index in [1.54, 1.807) is 31.2 Å². The maximum Gasteiger partial charge on any atom is 0.269 e. The summed E-state index contributed by atoms with van der Waals surface area (Å²) < 4.78 is 25.4. The van der Waals surface area contributed by atoms with Gasteiger partial charge in [-0.2, -0.15) is 0 Å². The first-order valence-corrected chi connectivity index (χ1v) is 6.13. The zero-order valence-corrected chi connectivity index (χ0v) is 9.61. The van der Waals surface area contributed by atoms with E-state index in [0.717, 1.165) is 3.97 Å². The summed E-state index contributed by atoms with van der Waals surface area (Å²) in [7, 11) is -3.53. The zero-order valence-electron chi connectivity index (χ0n) is 8.79. The van der Waals surface area contributed by atoms with Gasteiger partial charge in [0.25, 0.3) is 10.0 Å². The fraction of sp³-hybridized carbons (Fsp3) is 0.0909. The summed E-state index contributed by atoms with van der Waals surface area (Å²) in [6.45, 7) is 5.33. The van der Waals surface area contributed by atoms with Gasteiger partial charge in [-0.3, -0.25) is 0 Å². The summed E-state index contributed by atoms with van der Waals surface area (Å²) in [6.07, 6.45) is 2.64. The molecule has 0 bridgehead atoms. The molecular weight excluding hydrogens is 224 g/mol. The Bertz CT molecular complexity index is 614. The van der Waals surface area contributed by atoms with E-state index in [1.807, 2.05) is 0 Å².